The number of halogens is 1. The molecule has 7 nitrogen and oxygen atoms in total. The Bertz CT molecular complexity index is 815. The molecule has 0 heterocycles. The lowest BCUT2D eigenvalue weighted by molar-refractivity contribution is 0.102. The number of benzene rings is 2. The molecule has 0 saturated carbocycles. The van der Waals surface area contributed by atoms with Gasteiger partial charge in [0.1, 0.15) is 0 Å². The fraction of sp³-hybridized carbons (Fsp3) is 0.350. The van der Waals surface area contributed by atoms with Crippen LogP contribution in [-0.2, 0) is 0 Å². The van der Waals surface area contributed by atoms with Crippen molar-refractivity contribution in [2.24, 2.45) is 0 Å². The van der Waals surface area contributed by atoms with Crippen molar-refractivity contribution >= 4 is 27.5 Å². The predicted octanol–water partition coefficient (Wildman–Crippen LogP) is 4.52. The summed E-state index contributed by atoms with van der Waals surface area (Å²) in [7, 11) is 6.08. The van der Waals surface area contributed by atoms with Crippen molar-refractivity contribution in [3.8, 4) is 28.7 Å². The summed E-state index contributed by atoms with van der Waals surface area (Å²) in [5, 5.41) is 2.83. The summed E-state index contributed by atoms with van der Waals surface area (Å²) in [6.07, 6.45) is 0.860. The number of rotatable bonds is 9. The first-order valence-electron chi connectivity index (χ1n) is 8.60. The Kier molecular flexibility index (Phi) is 7.80. The van der Waals surface area contributed by atoms with Crippen LogP contribution in [0.25, 0.3) is 0 Å². The van der Waals surface area contributed by atoms with E-state index in [9.17, 15) is 4.79 Å². The van der Waals surface area contributed by atoms with Gasteiger partial charge in [0.15, 0.2) is 23.0 Å². The van der Waals surface area contributed by atoms with Gasteiger partial charge in [0, 0.05) is 23.4 Å². The maximum atomic E-state index is 12.8. The maximum Gasteiger partial charge on any atom is 0.255 e. The fourth-order valence-corrected chi connectivity index (χ4v) is 3.11. The molecule has 0 atom stereocenters. The van der Waals surface area contributed by atoms with Crippen molar-refractivity contribution < 1.29 is 28.5 Å². The van der Waals surface area contributed by atoms with Crippen LogP contribution in [0.1, 0.15) is 23.7 Å². The number of amides is 1. The molecule has 2 rings (SSSR count). The average molecular weight is 454 g/mol. The highest BCUT2D eigenvalue weighted by molar-refractivity contribution is 9.10. The normalized spacial score (nSPS) is 10.2. The van der Waals surface area contributed by atoms with E-state index >= 15 is 0 Å². The molecule has 2 aromatic carbocycles. The minimum Gasteiger partial charge on any atom is -0.493 e. The van der Waals surface area contributed by atoms with Gasteiger partial charge in [-0.1, -0.05) is 6.92 Å². The van der Waals surface area contributed by atoms with E-state index in [4.69, 9.17) is 23.7 Å². The molecule has 0 radical (unpaired) electrons. The molecule has 0 spiro atoms. The molecule has 1 N–H and O–H groups in total. The number of hydrogen-bond donors (Lipinski definition) is 1. The summed E-state index contributed by atoms with van der Waals surface area (Å²) in [6, 6.07) is 6.62. The Balaban J connectivity index is 2.33. The van der Waals surface area contributed by atoms with Gasteiger partial charge in [0.2, 0.25) is 5.75 Å². The smallest absolute Gasteiger partial charge is 0.255 e. The molecule has 0 aromatic heterocycles. The first-order chi connectivity index (χ1) is 13.5. The lowest BCUT2D eigenvalue weighted by Gasteiger charge is -2.16. The van der Waals surface area contributed by atoms with Gasteiger partial charge in [-0.05, 0) is 34.5 Å². The van der Waals surface area contributed by atoms with Gasteiger partial charge in [0.05, 0.1) is 39.5 Å². The van der Waals surface area contributed by atoms with E-state index in [1.165, 1.54) is 28.4 Å². The van der Waals surface area contributed by atoms with Gasteiger partial charge in [-0.25, -0.2) is 0 Å². The SMILES string of the molecule is CCCOc1c(Br)cc(C(=O)Nc2cc(OC)c(OC)c(OC)c2)cc1OC. The highest BCUT2D eigenvalue weighted by Crippen LogP contribution is 2.40. The Morgan fingerprint density at radius 2 is 1.46 bits per heavy atom. The largest absolute Gasteiger partial charge is 0.493 e. The first-order valence-corrected chi connectivity index (χ1v) is 9.39. The third-order valence-corrected chi connectivity index (χ3v) is 4.45. The number of anilines is 1. The van der Waals surface area contributed by atoms with Gasteiger partial charge >= 0.3 is 0 Å². The lowest BCUT2D eigenvalue weighted by Crippen LogP contribution is -2.13. The van der Waals surface area contributed by atoms with E-state index in [1.54, 1.807) is 24.3 Å². The summed E-state index contributed by atoms with van der Waals surface area (Å²) in [6.45, 7) is 2.56. The molecule has 0 bridgehead atoms. The number of methoxy groups -OCH3 is 4. The van der Waals surface area contributed by atoms with Gasteiger partial charge in [-0.3, -0.25) is 4.79 Å². The van der Waals surface area contributed by atoms with Crippen molar-refractivity contribution in [3.63, 3.8) is 0 Å². The number of ether oxygens (including phenoxy) is 5. The number of carbonyl (C=O) groups excluding carboxylic acids is 1. The minimum atomic E-state index is -0.324. The highest BCUT2D eigenvalue weighted by atomic mass is 79.9. The average Bonchev–Trinajstić information content (AvgIpc) is 2.71. The Morgan fingerprint density at radius 3 is 1.96 bits per heavy atom. The standard InChI is InChI=1S/C20H24BrNO6/c1-6-7-28-18-14(21)8-12(9-15(18)24-2)20(23)22-13-10-16(25-3)19(27-5)17(11-13)26-4/h8-11H,6-7H2,1-5H3,(H,22,23). The van der Waals surface area contributed by atoms with E-state index in [0.29, 0.717) is 51.1 Å². The second-order valence-electron chi connectivity index (χ2n) is 5.71. The topological polar surface area (TPSA) is 75.3 Å². The summed E-state index contributed by atoms with van der Waals surface area (Å²) < 4.78 is 27.6. The minimum absolute atomic E-state index is 0.324. The van der Waals surface area contributed by atoms with Crippen molar-refractivity contribution in [2.45, 2.75) is 13.3 Å². The molecule has 0 fully saturated rings. The summed E-state index contributed by atoms with van der Waals surface area (Å²) >= 11 is 3.45. The van der Waals surface area contributed by atoms with E-state index in [1.807, 2.05) is 6.92 Å². The van der Waals surface area contributed by atoms with E-state index in [2.05, 4.69) is 21.2 Å². The van der Waals surface area contributed by atoms with E-state index in [0.717, 1.165) is 6.42 Å². The summed E-state index contributed by atoms with van der Waals surface area (Å²) in [5.74, 6) is 2.05. The van der Waals surface area contributed by atoms with Crippen molar-refractivity contribution in [3.05, 3.63) is 34.3 Å². The van der Waals surface area contributed by atoms with Crippen LogP contribution in [0.5, 0.6) is 28.7 Å². The second-order valence-corrected chi connectivity index (χ2v) is 6.56. The molecule has 0 aliphatic carbocycles. The Labute approximate surface area is 173 Å². The number of carbonyl (C=O) groups is 1. The molecule has 152 valence electrons. The van der Waals surface area contributed by atoms with Gasteiger partial charge < -0.3 is 29.0 Å². The van der Waals surface area contributed by atoms with Crippen LogP contribution in [0.4, 0.5) is 5.69 Å². The van der Waals surface area contributed by atoms with Gasteiger partial charge in [0.25, 0.3) is 5.91 Å². The lowest BCUT2D eigenvalue weighted by atomic mass is 10.1. The molecule has 0 unspecified atom stereocenters. The number of hydrogen-bond acceptors (Lipinski definition) is 6. The Hall–Kier alpha value is -2.61. The van der Waals surface area contributed by atoms with E-state index in [-0.39, 0.29) is 5.91 Å². The zero-order chi connectivity index (χ0) is 20.7. The first kappa shape index (κ1) is 21.7. The maximum absolute atomic E-state index is 12.8. The Morgan fingerprint density at radius 1 is 0.893 bits per heavy atom. The van der Waals surface area contributed by atoms with Crippen molar-refractivity contribution in [1.29, 1.82) is 0 Å². The molecule has 0 aliphatic rings. The van der Waals surface area contributed by atoms with Crippen LogP contribution in [0.3, 0.4) is 0 Å². The van der Waals surface area contributed by atoms with Crippen LogP contribution in [0.2, 0.25) is 0 Å². The third kappa shape index (κ3) is 4.81. The predicted molar refractivity (Wildman–Crippen MR) is 111 cm³/mol. The molecule has 1 amide bonds. The second kappa shape index (κ2) is 10.1. The van der Waals surface area contributed by atoms with Crippen molar-refractivity contribution in [1.82, 2.24) is 0 Å². The zero-order valence-electron chi connectivity index (χ0n) is 16.6. The van der Waals surface area contributed by atoms with Crippen LogP contribution in [0.15, 0.2) is 28.7 Å². The van der Waals surface area contributed by atoms with Crippen LogP contribution in [-0.4, -0.2) is 41.0 Å². The van der Waals surface area contributed by atoms with Crippen LogP contribution in [0, 0.1) is 0 Å². The quantitative estimate of drug-likeness (QED) is 0.601. The van der Waals surface area contributed by atoms with E-state index < -0.39 is 0 Å². The third-order valence-electron chi connectivity index (χ3n) is 3.86. The zero-order valence-corrected chi connectivity index (χ0v) is 18.1. The molecule has 0 saturated heterocycles. The van der Waals surface area contributed by atoms with Crippen LogP contribution >= 0.6 is 15.9 Å². The molecule has 8 heteroatoms. The summed E-state index contributed by atoms with van der Waals surface area (Å²) in [4.78, 5) is 12.8. The molecular weight excluding hydrogens is 430 g/mol. The van der Waals surface area contributed by atoms with Crippen LogP contribution < -0.4 is 29.0 Å². The van der Waals surface area contributed by atoms with Gasteiger partial charge in [-0.2, -0.15) is 0 Å². The van der Waals surface area contributed by atoms with Crippen molar-refractivity contribution in [2.75, 3.05) is 40.4 Å². The molecule has 28 heavy (non-hydrogen) atoms. The monoisotopic (exact) mass is 453 g/mol. The molecule has 2 aromatic rings. The summed E-state index contributed by atoms with van der Waals surface area (Å²) in [5.41, 5.74) is 0.905. The highest BCUT2D eigenvalue weighted by Gasteiger charge is 2.18. The number of nitrogens with one attached hydrogen (secondary N) is 1. The van der Waals surface area contributed by atoms with Gasteiger partial charge in [-0.15, -0.1) is 0 Å². The fourth-order valence-electron chi connectivity index (χ4n) is 2.55. The molecular formula is C20H24BrNO6. The molecule has 0 aliphatic heterocycles.